The lowest BCUT2D eigenvalue weighted by Crippen LogP contribution is -2.43. The second-order valence-electron chi connectivity index (χ2n) is 8.86. The Labute approximate surface area is 205 Å². The van der Waals surface area contributed by atoms with Gasteiger partial charge in [-0.05, 0) is 30.4 Å². The standard InChI is InChI=1S/C24H31N7O3S/c1-25-35(32,33)31-11-6-18(7-12-31)17-2-4-19(5-3-17)21-14-22-23(28-9-8-27-22)24(30-21)29-16-20-15-26-10-13-34-20/h2-5,8-9,14,18,20,25-26H,6-7,10-13,15-16H2,1H3,(H,29,30). The Morgan fingerprint density at radius 1 is 1.14 bits per heavy atom. The average Bonchev–Trinajstić information content (AvgIpc) is 2.92. The summed E-state index contributed by atoms with van der Waals surface area (Å²) in [6.07, 6.45) is 5.05. The van der Waals surface area contributed by atoms with Crippen molar-refractivity contribution in [3.63, 3.8) is 0 Å². The Kier molecular flexibility index (Phi) is 7.21. The topological polar surface area (TPSA) is 121 Å². The van der Waals surface area contributed by atoms with E-state index in [1.807, 2.05) is 6.07 Å². The zero-order valence-corrected chi connectivity index (χ0v) is 20.6. The third-order valence-electron chi connectivity index (χ3n) is 6.69. The molecule has 2 saturated heterocycles. The van der Waals surface area contributed by atoms with E-state index in [0.29, 0.717) is 38.0 Å². The fraction of sp³-hybridized carbons (Fsp3) is 0.458. The molecule has 2 aliphatic rings. The molecule has 5 rings (SSSR count). The summed E-state index contributed by atoms with van der Waals surface area (Å²) < 4.78 is 33.8. The summed E-state index contributed by atoms with van der Waals surface area (Å²) in [4.78, 5) is 13.9. The summed E-state index contributed by atoms with van der Waals surface area (Å²) in [5, 5.41) is 6.76. The summed E-state index contributed by atoms with van der Waals surface area (Å²) in [7, 11) is -1.90. The highest BCUT2D eigenvalue weighted by atomic mass is 32.2. The van der Waals surface area contributed by atoms with Crippen LogP contribution in [0.3, 0.4) is 0 Å². The molecule has 2 aromatic heterocycles. The molecule has 3 aromatic rings. The fourth-order valence-electron chi connectivity index (χ4n) is 4.69. The van der Waals surface area contributed by atoms with Crippen molar-refractivity contribution in [2.75, 3.05) is 51.7 Å². The van der Waals surface area contributed by atoms with Crippen LogP contribution in [0.4, 0.5) is 5.82 Å². The van der Waals surface area contributed by atoms with Gasteiger partial charge < -0.3 is 15.4 Å². The van der Waals surface area contributed by atoms with Crippen LogP contribution < -0.4 is 15.4 Å². The van der Waals surface area contributed by atoms with E-state index in [4.69, 9.17) is 9.72 Å². The van der Waals surface area contributed by atoms with Gasteiger partial charge in [0, 0.05) is 57.7 Å². The number of nitrogens with zero attached hydrogens (tertiary/aromatic N) is 4. The molecule has 10 nitrogen and oxygen atoms in total. The Hall–Kier alpha value is -2.70. The SMILES string of the molecule is CNS(=O)(=O)N1CCC(c2ccc(-c3cc4nccnc4c(NCC4CNCCO4)n3)cc2)CC1. The third kappa shape index (κ3) is 5.44. The Morgan fingerprint density at radius 2 is 1.91 bits per heavy atom. The maximum atomic E-state index is 12.0. The molecular weight excluding hydrogens is 466 g/mol. The lowest BCUT2D eigenvalue weighted by atomic mass is 9.89. The molecule has 1 unspecified atom stereocenters. The molecule has 35 heavy (non-hydrogen) atoms. The van der Waals surface area contributed by atoms with Crippen LogP contribution in [-0.2, 0) is 14.9 Å². The fourth-order valence-corrected chi connectivity index (χ4v) is 5.64. The maximum Gasteiger partial charge on any atom is 0.279 e. The molecular formula is C24H31N7O3S. The van der Waals surface area contributed by atoms with Crippen molar-refractivity contribution in [3.05, 3.63) is 48.3 Å². The highest BCUT2D eigenvalue weighted by Gasteiger charge is 2.27. The van der Waals surface area contributed by atoms with E-state index in [9.17, 15) is 8.42 Å². The van der Waals surface area contributed by atoms with Gasteiger partial charge in [0.1, 0.15) is 5.52 Å². The molecule has 0 radical (unpaired) electrons. The van der Waals surface area contributed by atoms with Crippen LogP contribution in [0, 0.1) is 0 Å². The molecule has 2 fully saturated rings. The van der Waals surface area contributed by atoms with E-state index in [1.165, 1.54) is 16.9 Å². The zero-order valence-electron chi connectivity index (χ0n) is 19.8. The summed E-state index contributed by atoms with van der Waals surface area (Å²) in [6.45, 7) is 4.07. The molecule has 0 saturated carbocycles. The smallest absolute Gasteiger partial charge is 0.279 e. The largest absolute Gasteiger partial charge is 0.374 e. The van der Waals surface area contributed by atoms with Crippen molar-refractivity contribution in [3.8, 4) is 11.3 Å². The number of piperidine rings is 1. The highest BCUT2D eigenvalue weighted by molar-refractivity contribution is 7.87. The van der Waals surface area contributed by atoms with Crippen molar-refractivity contribution in [1.82, 2.24) is 29.3 Å². The average molecular weight is 498 g/mol. The van der Waals surface area contributed by atoms with E-state index in [2.05, 4.69) is 49.6 Å². The van der Waals surface area contributed by atoms with Crippen molar-refractivity contribution >= 4 is 27.1 Å². The van der Waals surface area contributed by atoms with Gasteiger partial charge in [-0.1, -0.05) is 24.3 Å². The summed E-state index contributed by atoms with van der Waals surface area (Å²) in [5.74, 6) is 1.03. The van der Waals surface area contributed by atoms with Gasteiger partial charge in [-0.25, -0.2) is 14.7 Å². The minimum atomic E-state index is -3.36. The Balaban J connectivity index is 1.33. The molecule has 3 N–H and O–H groups in total. The molecule has 0 spiro atoms. The highest BCUT2D eigenvalue weighted by Crippen LogP contribution is 2.31. The summed E-state index contributed by atoms with van der Waals surface area (Å²) >= 11 is 0. The van der Waals surface area contributed by atoms with Crippen LogP contribution in [0.15, 0.2) is 42.7 Å². The van der Waals surface area contributed by atoms with Crippen LogP contribution in [0.1, 0.15) is 24.3 Å². The Bertz CT molecular complexity index is 1260. The van der Waals surface area contributed by atoms with Crippen molar-refractivity contribution < 1.29 is 13.2 Å². The van der Waals surface area contributed by atoms with E-state index in [0.717, 1.165) is 48.2 Å². The van der Waals surface area contributed by atoms with E-state index < -0.39 is 10.2 Å². The number of hydrogen-bond donors (Lipinski definition) is 3. The number of nitrogens with one attached hydrogen (secondary N) is 3. The molecule has 1 aromatic carbocycles. The monoisotopic (exact) mass is 497 g/mol. The van der Waals surface area contributed by atoms with Gasteiger partial charge in [-0.3, -0.25) is 4.98 Å². The first-order valence-corrected chi connectivity index (χ1v) is 13.4. The second-order valence-corrected chi connectivity index (χ2v) is 10.7. The van der Waals surface area contributed by atoms with Gasteiger partial charge in [0.25, 0.3) is 10.2 Å². The predicted molar refractivity (Wildman–Crippen MR) is 135 cm³/mol. The molecule has 0 bridgehead atoms. The van der Waals surface area contributed by atoms with Crippen LogP contribution in [0.5, 0.6) is 0 Å². The van der Waals surface area contributed by atoms with E-state index in [-0.39, 0.29) is 6.10 Å². The lowest BCUT2D eigenvalue weighted by Gasteiger charge is -2.31. The summed E-state index contributed by atoms with van der Waals surface area (Å²) in [5.41, 5.74) is 4.56. The first-order valence-electron chi connectivity index (χ1n) is 12.0. The van der Waals surface area contributed by atoms with E-state index >= 15 is 0 Å². The molecule has 2 aliphatic heterocycles. The van der Waals surface area contributed by atoms with Crippen LogP contribution in [-0.4, -0.2) is 80.2 Å². The minimum absolute atomic E-state index is 0.0784. The van der Waals surface area contributed by atoms with Gasteiger partial charge in [-0.2, -0.15) is 12.7 Å². The number of rotatable bonds is 7. The van der Waals surface area contributed by atoms with Gasteiger partial charge in [0.2, 0.25) is 0 Å². The minimum Gasteiger partial charge on any atom is -0.374 e. The third-order valence-corrected chi connectivity index (χ3v) is 8.25. The zero-order chi connectivity index (χ0) is 24.3. The van der Waals surface area contributed by atoms with E-state index in [1.54, 1.807) is 12.4 Å². The molecule has 186 valence electrons. The quantitative estimate of drug-likeness (QED) is 0.451. The van der Waals surface area contributed by atoms with Crippen LogP contribution in [0.2, 0.25) is 0 Å². The number of benzene rings is 1. The van der Waals surface area contributed by atoms with Crippen LogP contribution in [0.25, 0.3) is 22.3 Å². The van der Waals surface area contributed by atoms with Gasteiger partial charge in [0.15, 0.2) is 5.82 Å². The summed E-state index contributed by atoms with van der Waals surface area (Å²) in [6, 6.07) is 10.4. The first-order chi connectivity index (χ1) is 17.0. The number of morpholine rings is 1. The van der Waals surface area contributed by atoms with Gasteiger partial charge in [-0.15, -0.1) is 0 Å². The Morgan fingerprint density at radius 3 is 2.63 bits per heavy atom. The predicted octanol–water partition coefficient (Wildman–Crippen LogP) is 1.74. The molecule has 0 amide bonds. The van der Waals surface area contributed by atoms with Gasteiger partial charge >= 0.3 is 0 Å². The number of aromatic nitrogens is 3. The lowest BCUT2D eigenvalue weighted by molar-refractivity contribution is 0.0372. The molecule has 1 atom stereocenters. The molecule has 4 heterocycles. The number of pyridine rings is 1. The van der Waals surface area contributed by atoms with Crippen molar-refractivity contribution in [2.45, 2.75) is 24.9 Å². The molecule has 11 heteroatoms. The normalized spacial score (nSPS) is 20.2. The number of anilines is 1. The number of fused-ring (bicyclic) bond motifs is 1. The first kappa shape index (κ1) is 24.0. The molecule has 0 aliphatic carbocycles. The number of hydrogen-bond acceptors (Lipinski definition) is 8. The second kappa shape index (κ2) is 10.5. The van der Waals surface area contributed by atoms with Crippen LogP contribution >= 0.6 is 0 Å². The van der Waals surface area contributed by atoms with Gasteiger partial charge in [0.05, 0.1) is 23.9 Å². The maximum absolute atomic E-state index is 12.0. The van der Waals surface area contributed by atoms with Crippen molar-refractivity contribution in [1.29, 1.82) is 0 Å². The van der Waals surface area contributed by atoms with Crippen molar-refractivity contribution in [2.24, 2.45) is 0 Å². The number of ether oxygens (including phenoxy) is 1.